The monoisotopic (exact) mass is 284 g/mol. The predicted molar refractivity (Wildman–Crippen MR) is 61.3 cm³/mol. The van der Waals surface area contributed by atoms with Gasteiger partial charge in [0.05, 0.1) is 0 Å². The third-order valence-electron chi connectivity index (χ3n) is 1.63. The topological polar surface area (TPSA) is 35.0 Å². The zero-order valence-corrected chi connectivity index (χ0v) is 9.86. The lowest BCUT2D eigenvalue weighted by molar-refractivity contribution is 0.455. The van der Waals surface area contributed by atoms with Gasteiger partial charge in [0.25, 0.3) is 0 Å². The highest BCUT2D eigenvalue weighted by molar-refractivity contribution is 9.10. The Kier molecular flexibility index (Phi) is 3.18. The summed E-state index contributed by atoms with van der Waals surface area (Å²) in [6.45, 7) is 0. The maximum atomic E-state index is 5.60. The Hall–Kier alpha value is -1.13. The molecule has 0 saturated heterocycles. The molecule has 0 fully saturated rings. The van der Waals surface area contributed by atoms with E-state index in [2.05, 4.69) is 26.1 Å². The second-order valence-electron chi connectivity index (χ2n) is 2.75. The van der Waals surface area contributed by atoms with Crippen LogP contribution in [0.5, 0.6) is 11.6 Å². The molecule has 0 aliphatic heterocycles. The average molecular weight is 286 g/mol. The molecule has 15 heavy (non-hydrogen) atoms. The van der Waals surface area contributed by atoms with Crippen LogP contribution in [0.15, 0.2) is 40.9 Å². The van der Waals surface area contributed by atoms with Gasteiger partial charge in [0, 0.05) is 10.5 Å². The van der Waals surface area contributed by atoms with Crippen LogP contribution in [-0.4, -0.2) is 10.2 Å². The smallest absolute Gasteiger partial charge is 0.238 e. The first-order valence-corrected chi connectivity index (χ1v) is 5.34. The van der Waals surface area contributed by atoms with Crippen molar-refractivity contribution < 1.29 is 4.74 Å². The molecule has 0 aliphatic carbocycles. The highest BCUT2D eigenvalue weighted by Crippen LogP contribution is 2.22. The van der Waals surface area contributed by atoms with Crippen molar-refractivity contribution in [1.29, 1.82) is 0 Å². The molecule has 3 nitrogen and oxygen atoms in total. The Morgan fingerprint density at radius 1 is 1.13 bits per heavy atom. The van der Waals surface area contributed by atoms with Crippen LogP contribution in [0.1, 0.15) is 0 Å². The summed E-state index contributed by atoms with van der Waals surface area (Å²) in [5.74, 6) is 1.11. The largest absolute Gasteiger partial charge is 0.437 e. The van der Waals surface area contributed by atoms with Crippen LogP contribution in [0.2, 0.25) is 5.15 Å². The molecule has 2 rings (SSSR count). The summed E-state index contributed by atoms with van der Waals surface area (Å²) in [4.78, 5) is 0. The summed E-state index contributed by atoms with van der Waals surface area (Å²) in [6, 6.07) is 10.8. The standard InChI is InChI=1S/C10H6BrClN2O/c11-7-2-1-3-8(6-7)15-10-5-4-9(12)13-14-10/h1-6H. The highest BCUT2D eigenvalue weighted by atomic mass is 79.9. The highest BCUT2D eigenvalue weighted by Gasteiger charge is 1.99. The molecule has 76 valence electrons. The van der Waals surface area contributed by atoms with Crippen molar-refractivity contribution in [3.05, 3.63) is 46.0 Å². The van der Waals surface area contributed by atoms with Gasteiger partial charge >= 0.3 is 0 Å². The van der Waals surface area contributed by atoms with E-state index in [0.29, 0.717) is 16.8 Å². The quantitative estimate of drug-likeness (QED) is 0.844. The summed E-state index contributed by atoms with van der Waals surface area (Å²) in [7, 11) is 0. The van der Waals surface area contributed by atoms with Gasteiger partial charge in [-0.3, -0.25) is 0 Å². The minimum atomic E-state index is 0.344. The molecule has 0 bridgehead atoms. The van der Waals surface area contributed by atoms with Gasteiger partial charge in [0.2, 0.25) is 5.88 Å². The summed E-state index contributed by atoms with van der Waals surface area (Å²) in [5.41, 5.74) is 0. The van der Waals surface area contributed by atoms with Gasteiger partial charge in [-0.25, -0.2) is 0 Å². The second kappa shape index (κ2) is 4.59. The van der Waals surface area contributed by atoms with E-state index in [1.807, 2.05) is 24.3 Å². The first-order valence-electron chi connectivity index (χ1n) is 4.17. The summed E-state index contributed by atoms with van der Waals surface area (Å²) < 4.78 is 6.40. The Labute approximate surface area is 100 Å². The van der Waals surface area contributed by atoms with Gasteiger partial charge in [0.1, 0.15) is 5.75 Å². The van der Waals surface area contributed by atoms with Crippen LogP contribution < -0.4 is 4.74 Å². The van der Waals surface area contributed by atoms with Gasteiger partial charge < -0.3 is 4.74 Å². The van der Waals surface area contributed by atoms with Crippen molar-refractivity contribution in [3.63, 3.8) is 0 Å². The van der Waals surface area contributed by atoms with Crippen LogP contribution in [0.3, 0.4) is 0 Å². The number of benzene rings is 1. The van der Waals surface area contributed by atoms with Crippen LogP contribution in [-0.2, 0) is 0 Å². The molecule has 0 spiro atoms. The van der Waals surface area contributed by atoms with Gasteiger partial charge in [-0.2, -0.15) is 0 Å². The molecule has 0 amide bonds. The molecule has 0 saturated carbocycles. The Morgan fingerprint density at radius 2 is 2.00 bits per heavy atom. The van der Waals surface area contributed by atoms with Gasteiger partial charge in [-0.1, -0.05) is 33.6 Å². The van der Waals surface area contributed by atoms with Crippen molar-refractivity contribution in [1.82, 2.24) is 10.2 Å². The second-order valence-corrected chi connectivity index (χ2v) is 4.06. The zero-order chi connectivity index (χ0) is 10.7. The van der Waals surface area contributed by atoms with Gasteiger partial charge in [0.15, 0.2) is 5.15 Å². The van der Waals surface area contributed by atoms with Crippen molar-refractivity contribution in [3.8, 4) is 11.6 Å². The molecule has 0 N–H and O–H groups in total. The van der Waals surface area contributed by atoms with Crippen molar-refractivity contribution in [2.24, 2.45) is 0 Å². The molecule has 1 aromatic heterocycles. The summed E-state index contributed by atoms with van der Waals surface area (Å²) >= 11 is 8.95. The van der Waals surface area contributed by atoms with Gasteiger partial charge in [-0.05, 0) is 24.3 Å². The number of aromatic nitrogens is 2. The maximum absolute atomic E-state index is 5.60. The molecule has 2 aromatic rings. The molecule has 1 heterocycles. The number of ether oxygens (including phenoxy) is 1. The molecular formula is C10H6BrClN2O. The van der Waals surface area contributed by atoms with E-state index in [-0.39, 0.29) is 0 Å². The normalized spacial score (nSPS) is 10.0. The number of hydrogen-bond donors (Lipinski definition) is 0. The lowest BCUT2D eigenvalue weighted by Crippen LogP contribution is -1.89. The van der Waals surface area contributed by atoms with E-state index in [1.165, 1.54) is 0 Å². The van der Waals surface area contributed by atoms with Gasteiger partial charge in [-0.15, -0.1) is 10.2 Å². The van der Waals surface area contributed by atoms with E-state index in [9.17, 15) is 0 Å². The van der Waals surface area contributed by atoms with E-state index >= 15 is 0 Å². The van der Waals surface area contributed by atoms with E-state index in [0.717, 1.165) is 4.47 Å². The summed E-state index contributed by atoms with van der Waals surface area (Å²) in [5, 5.41) is 7.80. The zero-order valence-electron chi connectivity index (χ0n) is 7.52. The molecule has 0 unspecified atom stereocenters. The third kappa shape index (κ3) is 2.91. The molecule has 0 radical (unpaired) electrons. The van der Waals surface area contributed by atoms with Crippen LogP contribution in [0, 0.1) is 0 Å². The van der Waals surface area contributed by atoms with Crippen molar-refractivity contribution in [2.75, 3.05) is 0 Å². The minimum absolute atomic E-state index is 0.344. The fourth-order valence-electron chi connectivity index (χ4n) is 1.01. The Balaban J connectivity index is 2.18. The Morgan fingerprint density at radius 3 is 2.67 bits per heavy atom. The number of rotatable bonds is 2. The number of hydrogen-bond acceptors (Lipinski definition) is 3. The minimum Gasteiger partial charge on any atom is -0.437 e. The molecule has 5 heteroatoms. The molecule has 0 aliphatic rings. The lowest BCUT2D eigenvalue weighted by Gasteiger charge is -2.03. The fraction of sp³-hybridized carbons (Fsp3) is 0. The van der Waals surface area contributed by atoms with Crippen molar-refractivity contribution in [2.45, 2.75) is 0 Å². The fourth-order valence-corrected chi connectivity index (χ4v) is 1.49. The molecule has 0 atom stereocenters. The van der Waals surface area contributed by atoms with E-state index in [1.54, 1.807) is 12.1 Å². The Bertz CT molecular complexity index is 461. The van der Waals surface area contributed by atoms with Crippen molar-refractivity contribution >= 4 is 27.5 Å². The van der Waals surface area contributed by atoms with Crippen LogP contribution >= 0.6 is 27.5 Å². The number of halogens is 2. The SMILES string of the molecule is Clc1ccc(Oc2cccc(Br)c2)nn1. The number of nitrogens with zero attached hydrogens (tertiary/aromatic N) is 2. The van der Waals surface area contributed by atoms with E-state index < -0.39 is 0 Å². The molecular weight excluding hydrogens is 279 g/mol. The lowest BCUT2D eigenvalue weighted by atomic mass is 10.3. The summed E-state index contributed by atoms with van der Waals surface area (Å²) in [6.07, 6.45) is 0. The van der Waals surface area contributed by atoms with E-state index in [4.69, 9.17) is 16.3 Å². The molecule has 1 aromatic carbocycles. The third-order valence-corrected chi connectivity index (χ3v) is 2.32. The first kappa shape index (κ1) is 10.4. The van der Waals surface area contributed by atoms with Crippen LogP contribution in [0.25, 0.3) is 0 Å². The first-order chi connectivity index (χ1) is 7.24. The maximum Gasteiger partial charge on any atom is 0.238 e. The predicted octanol–water partition coefficient (Wildman–Crippen LogP) is 3.68. The average Bonchev–Trinajstić information content (AvgIpc) is 2.22. The van der Waals surface area contributed by atoms with Crippen LogP contribution in [0.4, 0.5) is 0 Å².